The summed E-state index contributed by atoms with van der Waals surface area (Å²) in [6.07, 6.45) is -0.0865. The van der Waals surface area contributed by atoms with Crippen LogP contribution in [0.5, 0.6) is 0 Å². The minimum absolute atomic E-state index is 0.0865. The minimum Gasteiger partial charge on any atom is -0.385 e. The monoisotopic (exact) mass is 350 g/mol. The van der Waals surface area contributed by atoms with Crippen LogP contribution in [-0.4, -0.2) is 5.11 Å². The second kappa shape index (κ2) is 6.09. The highest BCUT2D eigenvalue weighted by molar-refractivity contribution is 6.35. The minimum atomic E-state index is -1.56. The summed E-state index contributed by atoms with van der Waals surface area (Å²) in [5.41, 5.74) is -1.17. The van der Waals surface area contributed by atoms with Crippen molar-refractivity contribution in [3.8, 4) is 0 Å². The van der Waals surface area contributed by atoms with E-state index >= 15 is 0 Å². The SMILES string of the molecule is CC(O)(Cc1ccc(Cl)cc1F)c1cc(F)c(Cl)cc1Cl. The van der Waals surface area contributed by atoms with Crippen LogP contribution in [0.1, 0.15) is 18.1 Å². The summed E-state index contributed by atoms with van der Waals surface area (Å²) in [6, 6.07) is 6.39. The Labute approximate surface area is 136 Å². The maximum absolute atomic E-state index is 13.8. The van der Waals surface area contributed by atoms with Crippen molar-refractivity contribution < 1.29 is 13.9 Å². The fourth-order valence-electron chi connectivity index (χ4n) is 2.07. The zero-order valence-electron chi connectivity index (χ0n) is 10.9. The van der Waals surface area contributed by atoms with Crippen LogP contribution in [-0.2, 0) is 12.0 Å². The molecular weight excluding hydrogens is 341 g/mol. The molecule has 0 aromatic heterocycles. The Morgan fingerprint density at radius 2 is 1.67 bits per heavy atom. The lowest BCUT2D eigenvalue weighted by molar-refractivity contribution is 0.0565. The number of halogens is 5. The predicted octanol–water partition coefficient (Wildman–Crippen LogP) is 5.38. The lowest BCUT2D eigenvalue weighted by Gasteiger charge is -2.25. The van der Waals surface area contributed by atoms with Crippen LogP contribution in [0.25, 0.3) is 0 Å². The first-order valence-electron chi connectivity index (χ1n) is 6.02. The van der Waals surface area contributed by atoms with E-state index in [4.69, 9.17) is 34.8 Å². The van der Waals surface area contributed by atoms with E-state index < -0.39 is 17.2 Å². The van der Waals surface area contributed by atoms with Crippen LogP contribution in [0.15, 0.2) is 30.3 Å². The van der Waals surface area contributed by atoms with E-state index in [1.54, 1.807) is 0 Å². The molecule has 0 aliphatic rings. The molecule has 0 bridgehead atoms. The molecule has 0 radical (unpaired) electrons. The maximum Gasteiger partial charge on any atom is 0.142 e. The molecule has 1 unspecified atom stereocenters. The van der Waals surface area contributed by atoms with Crippen molar-refractivity contribution in [3.05, 3.63) is 68.2 Å². The molecular formula is C15H11Cl3F2O. The van der Waals surface area contributed by atoms with Gasteiger partial charge in [0, 0.05) is 22.0 Å². The highest BCUT2D eigenvalue weighted by Crippen LogP contribution is 2.35. The Hall–Kier alpha value is -0.870. The molecule has 0 fully saturated rings. The lowest BCUT2D eigenvalue weighted by atomic mass is 9.88. The van der Waals surface area contributed by atoms with Crippen LogP contribution in [0, 0.1) is 11.6 Å². The van der Waals surface area contributed by atoms with Gasteiger partial charge in [0.1, 0.15) is 11.6 Å². The van der Waals surface area contributed by atoms with Crippen LogP contribution < -0.4 is 0 Å². The molecule has 1 N–H and O–H groups in total. The van der Waals surface area contributed by atoms with Gasteiger partial charge in [-0.05, 0) is 36.8 Å². The molecule has 2 aromatic rings. The third-order valence-electron chi connectivity index (χ3n) is 3.14. The molecule has 2 aromatic carbocycles. The van der Waals surface area contributed by atoms with E-state index in [0.29, 0.717) is 0 Å². The number of benzene rings is 2. The first-order valence-corrected chi connectivity index (χ1v) is 7.15. The molecule has 112 valence electrons. The molecule has 0 heterocycles. The van der Waals surface area contributed by atoms with Gasteiger partial charge >= 0.3 is 0 Å². The van der Waals surface area contributed by atoms with Crippen LogP contribution >= 0.6 is 34.8 Å². The summed E-state index contributed by atoms with van der Waals surface area (Å²) in [4.78, 5) is 0. The van der Waals surface area contributed by atoms with Gasteiger partial charge in [-0.15, -0.1) is 0 Å². The maximum atomic E-state index is 13.8. The van der Waals surface area contributed by atoms with Crippen molar-refractivity contribution in [3.63, 3.8) is 0 Å². The van der Waals surface area contributed by atoms with E-state index in [1.165, 1.54) is 25.1 Å². The number of rotatable bonds is 3. The van der Waals surface area contributed by atoms with E-state index in [1.807, 2.05) is 0 Å². The van der Waals surface area contributed by atoms with E-state index in [-0.39, 0.29) is 32.6 Å². The Balaban J connectivity index is 2.40. The third kappa shape index (κ3) is 3.67. The van der Waals surface area contributed by atoms with Crippen molar-refractivity contribution in [2.45, 2.75) is 18.9 Å². The van der Waals surface area contributed by atoms with Gasteiger partial charge in [0.2, 0.25) is 0 Å². The van der Waals surface area contributed by atoms with Gasteiger partial charge in [0.25, 0.3) is 0 Å². The lowest BCUT2D eigenvalue weighted by Crippen LogP contribution is -2.25. The fraction of sp³-hybridized carbons (Fsp3) is 0.200. The Bertz CT molecular complexity index is 687. The number of aliphatic hydroxyl groups is 1. The molecule has 1 nitrogen and oxygen atoms in total. The Morgan fingerprint density at radius 3 is 2.29 bits per heavy atom. The summed E-state index contributed by atoms with van der Waals surface area (Å²) in [6.45, 7) is 1.43. The second-order valence-electron chi connectivity index (χ2n) is 4.93. The molecule has 1 atom stereocenters. The molecule has 2 rings (SSSR count). The second-order valence-corrected chi connectivity index (χ2v) is 6.18. The summed E-state index contributed by atoms with van der Waals surface area (Å²) < 4.78 is 27.4. The normalized spacial score (nSPS) is 14.0. The predicted molar refractivity (Wildman–Crippen MR) is 81.1 cm³/mol. The standard InChI is InChI=1S/C15H11Cl3F2O/c1-15(21,7-8-2-3-9(16)4-13(8)19)10-5-14(20)12(18)6-11(10)17/h2-6,21H,7H2,1H3. The highest BCUT2D eigenvalue weighted by atomic mass is 35.5. The van der Waals surface area contributed by atoms with Crippen LogP contribution in [0.3, 0.4) is 0 Å². The molecule has 0 saturated heterocycles. The van der Waals surface area contributed by atoms with Gasteiger partial charge in [-0.25, -0.2) is 8.78 Å². The van der Waals surface area contributed by atoms with Crippen LogP contribution in [0.4, 0.5) is 8.78 Å². The summed E-state index contributed by atoms with van der Waals surface area (Å²) in [7, 11) is 0. The van der Waals surface area contributed by atoms with E-state index in [9.17, 15) is 13.9 Å². The van der Waals surface area contributed by atoms with Gasteiger partial charge in [0.05, 0.1) is 10.6 Å². The molecule has 21 heavy (non-hydrogen) atoms. The molecule has 0 amide bonds. The average molecular weight is 352 g/mol. The first kappa shape index (κ1) is 16.5. The van der Waals surface area contributed by atoms with Gasteiger partial charge < -0.3 is 5.11 Å². The van der Waals surface area contributed by atoms with Crippen LogP contribution in [0.2, 0.25) is 15.1 Å². The van der Waals surface area contributed by atoms with Gasteiger partial charge in [0.15, 0.2) is 0 Å². The van der Waals surface area contributed by atoms with Crippen molar-refractivity contribution in [1.29, 1.82) is 0 Å². The smallest absolute Gasteiger partial charge is 0.142 e. The number of hydrogen-bond donors (Lipinski definition) is 1. The zero-order chi connectivity index (χ0) is 15.8. The topological polar surface area (TPSA) is 20.2 Å². The van der Waals surface area contributed by atoms with Crippen molar-refractivity contribution in [1.82, 2.24) is 0 Å². The van der Waals surface area contributed by atoms with E-state index in [0.717, 1.165) is 12.1 Å². The zero-order valence-corrected chi connectivity index (χ0v) is 13.2. The van der Waals surface area contributed by atoms with Crippen molar-refractivity contribution >= 4 is 34.8 Å². The Kier molecular flexibility index (Phi) is 4.79. The first-order chi connectivity index (χ1) is 9.70. The van der Waals surface area contributed by atoms with Crippen molar-refractivity contribution in [2.24, 2.45) is 0 Å². The average Bonchev–Trinajstić information content (AvgIpc) is 2.37. The van der Waals surface area contributed by atoms with Gasteiger partial charge in [-0.3, -0.25) is 0 Å². The summed E-state index contributed by atoms with van der Waals surface area (Å²) in [5.74, 6) is -1.25. The molecule has 6 heteroatoms. The quantitative estimate of drug-likeness (QED) is 0.737. The highest BCUT2D eigenvalue weighted by Gasteiger charge is 2.28. The van der Waals surface area contributed by atoms with Gasteiger partial charge in [-0.1, -0.05) is 40.9 Å². The third-order valence-corrected chi connectivity index (χ3v) is 3.98. The van der Waals surface area contributed by atoms with Gasteiger partial charge in [-0.2, -0.15) is 0 Å². The summed E-state index contributed by atoms with van der Waals surface area (Å²) in [5, 5.41) is 10.8. The molecule has 0 aliphatic heterocycles. The number of hydrogen-bond acceptors (Lipinski definition) is 1. The Morgan fingerprint density at radius 1 is 1.00 bits per heavy atom. The molecule has 0 spiro atoms. The fourth-order valence-corrected chi connectivity index (χ4v) is 2.81. The van der Waals surface area contributed by atoms with E-state index in [2.05, 4.69) is 0 Å². The van der Waals surface area contributed by atoms with Crippen molar-refractivity contribution in [2.75, 3.05) is 0 Å². The molecule has 0 aliphatic carbocycles. The summed E-state index contributed by atoms with van der Waals surface area (Å²) >= 11 is 17.3. The molecule has 0 saturated carbocycles. The largest absolute Gasteiger partial charge is 0.385 e.